The number of nitrogens with zero attached hydrogens (tertiary/aromatic N) is 3. The minimum absolute atomic E-state index is 0.642. The lowest BCUT2D eigenvalue weighted by atomic mass is 9.94. The summed E-state index contributed by atoms with van der Waals surface area (Å²) in [5.74, 6) is 1.95. The molecule has 0 N–H and O–H groups in total. The van der Waals surface area contributed by atoms with E-state index in [0.717, 1.165) is 38.9 Å². The number of hydrogen-bond donors (Lipinski definition) is 0. The van der Waals surface area contributed by atoms with Crippen molar-refractivity contribution in [3.8, 4) is 56.4 Å². The molecule has 0 unspecified atom stereocenters. The van der Waals surface area contributed by atoms with Gasteiger partial charge in [-0.25, -0.2) is 15.0 Å². The average Bonchev–Trinajstić information content (AvgIpc) is 3.59. The maximum absolute atomic E-state index is 5.29. The molecule has 0 spiro atoms. The topological polar surface area (TPSA) is 38.7 Å². The number of hydrogen-bond acceptors (Lipinski definition) is 4. The molecule has 0 amide bonds. The van der Waals surface area contributed by atoms with Crippen LogP contribution >= 0.6 is 11.3 Å². The lowest BCUT2D eigenvalue weighted by Crippen LogP contribution is -2.01. The third-order valence-electron chi connectivity index (χ3n) is 9.73. The second-order valence-electron chi connectivity index (χ2n) is 12.8. The third kappa shape index (κ3) is 5.16. The molecule has 0 aliphatic carbocycles. The van der Waals surface area contributed by atoms with E-state index >= 15 is 0 Å². The van der Waals surface area contributed by atoms with E-state index in [-0.39, 0.29) is 0 Å². The summed E-state index contributed by atoms with van der Waals surface area (Å²) in [6, 6.07) is 62.2. The standard InChI is InChI=1S/C47H29N3S/c1-2-14-32-28-34(27-26-30(32)12-1)33-16-9-17-35(29-33)45-48-46(41-21-6-5-19-38(41)37-22-10-15-31-13-3-4-18-36(31)37)50-47(49-45)42-24-11-23-40-39-20-7-8-25-43(39)51-44(40)42/h1-29H. The highest BCUT2D eigenvalue weighted by Gasteiger charge is 2.19. The summed E-state index contributed by atoms with van der Waals surface area (Å²) in [5, 5.41) is 7.30. The number of aromatic nitrogens is 3. The van der Waals surface area contributed by atoms with Crippen LogP contribution in [0.1, 0.15) is 0 Å². The molecule has 0 bridgehead atoms. The van der Waals surface area contributed by atoms with Crippen molar-refractivity contribution in [2.75, 3.05) is 0 Å². The van der Waals surface area contributed by atoms with Gasteiger partial charge in [0, 0.05) is 36.9 Å². The zero-order valence-corrected chi connectivity index (χ0v) is 28.3. The Bertz CT molecular complexity index is 2940. The van der Waals surface area contributed by atoms with Gasteiger partial charge in [0.05, 0.1) is 0 Å². The van der Waals surface area contributed by atoms with Crippen molar-refractivity contribution in [1.82, 2.24) is 15.0 Å². The van der Waals surface area contributed by atoms with Gasteiger partial charge in [-0.05, 0) is 68.1 Å². The van der Waals surface area contributed by atoms with Crippen LogP contribution in [0.4, 0.5) is 0 Å². The Morgan fingerprint density at radius 3 is 1.78 bits per heavy atom. The molecule has 0 saturated heterocycles. The van der Waals surface area contributed by atoms with Crippen molar-refractivity contribution < 1.29 is 0 Å². The fraction of sp³-hybridized carbons (Fsp3) is 0. The minimum atomic E-state index is 0.642. The molecule has 2 heterocycles. The van der Waals surface area contributed by atoms with E-state index in [1.807, 2.05) is 0 Å². The number of fused-ring (bicyclic) bond motifs is 5. The number of rotatable bonds is 5. The first-order chi connectivity index (χ1) is 25.3. The van der Waals surface area contributed by atoms with Crippen molar-refractivity contribution in [2.45, 2.75) is 0 Å². The van der Waals surface area contributed by atoms with Crippen LogP contribution in [0.3, 0.4) is 0 Å². The normalized spacial score (nSPS) is 11.5. The minimum Gasteiger partial charge on any atom is -0.208 e. The maximum atomic E-state index is 5.29. The molecule has 4 heteroatoms. The summed E-state index contributed by atoms with van der Waals surface area (Å²) >= 11 is 1.79. The van der Waals surface area contributed by atoms with Crippen molar-refractivity contribution in [3.05, 3.63) is 176 Å². The first-order valence-corrected chi connectivity index (χ1v) is 17.9. The van der Waals surface area contributed by atoms with Gasteiger partial charge in [-0.2, -0.15) is 0 Å². The molecular formula is C47H29N3S. The quantitative estimate of drug-likeness (QED) is 0.183. The number of benzene rings is 8. The van der Waals surface area contributed by atoms with Gasteiger partial charge < -0.3 is 0 Å². The molecule has 10 aromatic rings. The molecule has 0 atom stereocenters. The van der Waals surface area contributed by atoms with E-state index in [1.54, 1.807) is 11.3 Å². The van der Waals surface area contributed by atoms with Crippen LogP contribution < -0.4 is 0 Å². The van der Waals surface area contributed by atoms with Gasteiger partial charge in [0.15, 0.2) is 17.5 Å². The van der Waals surface area contributed by atoms with Gasteiger partial charge in [0.2, 0.25) is 0 Å². The van der Waals surface area contributed by atoms with Gasteiger partial charge in [0.25, 0.3) is 0 Å². The van der Waals surface area contributed by atoms with E-state index in [4.69, 9.17) is 15.0 Å². The van der Waals surface area contributed by atoms with E-state index in [2.05, 4.69) is 176 Å². The summed E-state index contributed by atoms with van der Waals surface area (Å²) in [7, 11) is 0. The van der Waals surface area contributed by atoms with Crippen molar-refractivity contribution in [1.29, 1.82) is 0 Å². The molecule has 0 aliphatic rings. The van der Waals surface area contributed by atoms with Crippen LogP contribution in [0, 0.1) is 0 Å². The molecule has 3 nitrogen and oxygen atoms in total. The van der Waals surface area contributed by atoms with Crippen molar-refractivity contribution in [2.24, 2.45) is 0 Å². The van der Waals surface area contributed by atoms with Crippen LogP contribution in [0.2, 0.25) is 0 Å². The third-order valence-corrected chi connectivity index (χ3v) is 11.0. The van der Waals surface area contributed by atoms with Crippen molar-refractivity contribution in [3.63, 3.8) is 0 Å². The zero-order valence-electron chi connectivity index (χ0n) is 27.5. The largest absolute Gasteiger partial charge is 0.208 e. The zero-order chi connectivity index (χ0) is 33.7. The van der Waals surface area contributed by atoms with Crippen LogP contribution in [0.5, 0.6) is 0 Å². The lowest BCUT2D eigenvalue weighted by molar-refractivity contribution is 1.08. The first-order valence-electron chi connectivity index (χ1n) is 17.1. The van der Waals surface area contributed by atoms with Gasteiger partial charge in [-0.3, -0.25) is 0 Å². The Balaban J connectivity index is 1.20. The van der Waals surface area contributed by atoms with Crippen LogP contribution in [-0.2, 0) is 0 Å². The van der Waals surface area contributed by atoms with E-state index in [1.165, 1.54) is 41.7 Å². The lowest BCUT2D eigenvalue weighted by Gasteiger charge is -2.14. The molecule has 0 saturated carbocycles. The predicted octanol–water partition coefficient (Wildman–Crippen LogP) is 12.9. The fourth-order valence-corrected chi connectivity index (χ4v) is 8.46. The predicted molar refractivity (Wildman–Crippen MR) is 215 cm³/mol. The van der Waals surface area contributed by atoms with Gasteiger partial charge in [0.1, 0.15) is 0 Å². The maximum Gasteiger partial charge on any atom is 0.165 e. The molecule has 2 aromatic heterocycles. The van der Waals surface area contributed by atoms with Crippen LogP contribution in [0.25, 0.3) is 98.1 Å². The van der Waals surface area contributed by atoms with Gasteiger partial charge >= 0.3 is 0 Å². The Morgan fingerprint density at radius 2 is 0.882 bits per heavy atom. The van der Waals surface area contributed by atoms with Crippen molar-refractivity contribution >= 4 is 53.1 Å². The highest BCUT2D eigenvalue weighted by molar-refractivity contribution is 7.26. The highest BCUT2D eigenvalue weighted by atomic mass is 32.1. The summed E-state index contributed by atoms with van der Waals surface area (Å²) in [6.45, 7) is 0. The second kappa shape index (κ2) is 12.1. The molecule has 0 fully saturated rings. The van der Waals surface area contributed by atoms with Gasteiger partial charge in [-0.15, -0.1) is 11.3 Å². The second-order valence-corrected chi connectivity index (χ2v) is 13.9. The summed E-state index contributed by atoms with van der Waals surface area (Å²) in [4.78, 5) is 15.8. The number of thiophene rings is 1. The Kier molecular flexibility index (Phi) is 7.00. The van der Waals surface area contributed by atoms with Gasteiger partial charge in [-0.1, -0.05) is 152 Å². The first kappa shape index (κ1) is 29.4. The molecule has 238 valence electrons. The molecule has 51 heavy (non-hydrogen) atoms. The van der Waals surface area contributed by atoms with E-state index < -0.39 is 0 Å². The smallest absolute Gasteiger partial charge is 0.165 e. The molecular weight excluding hydrogens is 639 g/mol. The summed E-state index contributed by atoms with van der Waals surface area (Å²) in [5.41, 5.74) is 7.42. The molecule has 10 rings (SSSR count). The van der Waals surface area contributed by atoms with E-state index in [9.17, 15) is 0 Å². The molecule has 8 aromatic carbocycles. The molecule has 0 aliphatic heterocycles. The van der Waals surface area contributed by atoms with Crippen LogP contribution in [-0.4, -0.2) is 15.0 Å². The van der Waals surface area contributed by atoms with E-state index in [0.29, 0.717) is 17.5 Å². The Hall–Kier alpha value is -6.49. The Morgan fingerprint density at radius 1 is 0.314 bits per heavy atom. The monoisotopic (exact) mass is 667 g/mol. The average molecular weight is 668 g/mol. The SMILES string of the molecule is c1cc(-c2ccc3ccccc3c2)cc(-c2nc(-c3ccccc3-c3cccc4ccccc34)nc(-c3cccc4c3sc3ccccc34)n2)c1. The van der Waals surface area contributed by atoms with Crippen LogP contribution in [0.15, 0.2) is 176 Å². The fourth-order valence-electron chi connectivity index (χ4n) is 7.25. The summed E-state index contributed by atoms with van der Waals surface area (Å²) < 4.78 is 2.42. The molecule has 0 radical (unpaired) electrons. The Labute approximate surface area is 299 Å². The summed E-state index contributed by atoms with van der Waals surface area (Å²) in [6.07, 6.45) is 0. The highest BCUT2D eigenvalue weighted by Crippen LogP contribution is 2.41.